The number of halogens is 1. The third-order valence-corrected chi connectivity index (χ3v) is 4.23. The van der Waals surface area contributed by atoms with E-state index in [2.05, 4.69) is 0 Å². The number of sulfone groups is 1. The van der Waals surface area contributed by atoms with Crippen molar-refractivity contribution in [3.63, 3.8) is 0 Å². The SMILES string of the molecule is Cc1cc(F)c(C(C)(C)CC(=O)O)cc1S(C)(=O)=O. The Kier molecular flexibility index (Phi) is 4.05. The van der Waals surface area contributed by atoms with Crippen LogP contribution in [0, 0.1) is 12.7 Å². The van der Waals surface area contributed by atoms with Crippen LogP contribution in [0.3, 0.4) is 0 Å². The lowest BCUT2D eigenvalue weighted by molar-refractivity contribution is -0.138. The summed E-state index contributed by atoms with van der Waals surface area (Å²) < 4.78 is 37.2. The number of rotatable bonds is 4. The van der Waals surface area contributed by atoms with E-state index in [9.17, 15) is 17.6 Å². The summed E-state index contributed by atoms with van der Waals surface area (Å²) in [5.41, 5.74) is -0.570. The molecule has 0 heterocycles. The fourth-order valence-electron chi connectivity index (χ4n) is 2.04. The zero-order valence-corrected chi connectivity index (χ0v) is 12.1. The molecule has 1 aromatic carbocycles. The first-order valence-electron chi connectivity index (χ1n) is 5.67. The van der Waals surface area contributed by atoms with Gasteiger partial charge in [0, 0.05) is 11.7 Å². The summed E-state index contributed by atoms with van der Waals surface area (Å²) in [6.45, 7) is 4.65. The normalized spacial score (nSPS) is 12.5. The van der Waals surface area contributed by atoms with Crippen LogP contribution in [-0.2, 0) is 20.0 Å². The first kappa shape index (κ1) is 15.6. The maximum absolute atomic E-state index is 14.0. The molecular formula is C13H17FO4S. The van der Waals surface area contributed by atoms with Gasteiger partial charge in [-0.1, -0.05) is 13.8 Å². The van der Waals surface area contributed by atoms with E-state index in [1.165, 1.54) is 13.0 Å². The van der Waals surface area contributed by atoms with Gasteiger partial charge in [-0.2, -0.15) is 0 Å². The number of benzene rings is 1. The zero-order valence-electron chi connectivity index (χ0n) is 11.3. The van der Waals surface area contributed by atoms with Crippen molar-refractivity contribution in [1.82, 2.24) is 0 Å². The Hall–Kier alpha value is -1.43. The van der Waals surface area contributed by atoms with Gasteiger partial charge >= 0.3 is 5.97 Å². The smallest absolute Gasteiger partial charge is 0.304 e. The van der Waals surface area contributed by atoms with Gasteiger partial charge in [0.1, 0.15) is 5.82 Å². The van der Waals surface area contributed by atoms with Crippen LogP contribution in [0.2, 0.25) is 0 Å². The minimum atomic E-state index is -3.48. The van der Waals surface area contributed by atoms with Crippen molar-refractivity contribution < 1.29 is 22.7 Å². The van der Waals surface area contributed by atoms with Crippen molar-refractivity contribution >= 4 is 15.8 Å². The second-order valence-corrected chi connectivity index (χ2v) is 7.31. The predicted molar refractivity (Wildman–Crippen MR) is 69.5 cm³/mol. The summed E-state index contributed by atoms with van der Waals surface area (Å²) in [6, 6.07) is 2.37. The molecular weight excluding hydrogens is 271 g/mol. The maximum Gasteiger partial charge on any atom is 0.304 e. The number of aryl methyl sites for hydroxylation is 1. The van der Waals surface area contributed by atoms with Gasteiger partial charge in [-0.15, -0.1) is 0 Å². The van der Waals surface area contributed by atoms with E-state index < -0.39 is 27.0 Å². The molecule has 4 nitrogen and oxygen atoms in total. The standard InChI is InChI=1S/C13H17FO4S/c1-8-5-10(14)9(6-11(8)19(4,17)18)13(2,3)7-12(15)16/h5-6H,7H2,1-4H3,(H,15,16). The van der Waals surface area contributed by atoms with Crippen molar-refractivity contribution in [3.8, 4) is 0 Å². The van der Waals surface area contributed by atoms with Crippen molar-refractivity contribution in [1.29, 1.82) is 0 Å². The van der Waals surface area contributed by atoms with Gasteiger partial charge in [0.05, 0.1) is 11.3 Å². The van der Waals surface area contributed by atoms with Gasteiger partial charge in [0.2, 0.25) is 0 Å². The minimum absolute atomic E-state index is 0.0300. The van der Waals surface area contributed by atoms with E-state index >= 15 is 0 Å². The molecule has 0 unspecified atom stereocenters. The number of carbonyl (C=O) groups is 1. The van der Waals surface area contributed by atoms with E-state index in [-0.39, 0.29) is 16.9 Å². The summed E-state index contributed by atoms with van der Waals surface area (Å²) in [5, 5.41) is 8.84. The monoisotopic (exact) mass is 288 g/mol. The summed E-state index contributed by atoms with van der Waals surface area (Å²) in [5.74, 6) is -1.65. The predicted octanol–water partition coefficient (Wildman–Crippen LogP) is 2.29. The van der Waals surface area contributed by atoms with Crippen molar-refractivity contribution in [2.45, 2.75) is 37.5 Å². The third-order valence-electron chi connectivity index (χ3n) is 2.99. The van der Waals surface area contributed by atoms with Crippen molar-refractivity contribution in [2.24, 2.45) is 0 Å². The molecule has 0 fully saturated rings. The molecule has 1 rings (SSSR count). The summed E-state index contributed by atoms with van der Waals surface area (Å²) in [4.78, 5) is 10.8. The van der Waals surface area contributed by atoms with Crippen LogP contribution in [0.1, 0.15) is 31.4 Å². The highest BCUT2D eigenvalue weighted by atomic mass is 32.2. The average Bonchev–Trinajstić information content (AvgIpc) is 2.11. The number of carboxylic acid groups (broad SMARTS) is 1. The van der Waals surface area contributed by atoms with Crippen LogP contribution >= 0.6 is 0 Å². The van der Waals surface area contributed by atoms with Crippen LogP contribution in [0.25, 0.3) is 0 Å². The molecule has 0 aliphatic rings. The lowest BCUT2D eigenvalue weighted by Crippen LogP contribution is -2.24. The topological polar surface area (TPSA) is 71.4 Å². The molecule has 0 aliphatic heterocycles. The molecule has 1 N–H and O–H groups in total. The molecule has 0 bridgehead atoms. The van der Waals surface area contributed by atoms with Gasteiger partial charge in [-0.25, -0.2) is 12.8 Å². The van der Waals surface area contributed by atoms with E-state index in [0.717, 1.165) is 12.3 Å². The Morgan fingerprint density at radius 2 is 1.89 bits per heavy atom. The molecule has 0 aliphatic carbocycles. The fraction of sp³-hybridized carbons (Fsp3) is 0.462. The largest absolute Gasteiger partial charge is 0.481 e. The lowest BCUT2D eigenvalue weighted by atomic mass is 9.81. The first-order chi connectivity index (χ1) is 8.45. The van der Waals surface area contributed by atoms with Crippen LogP contribution in [0.4, 0.5) is 4.39 Å². The highest BCUT2D eigenvalue weighted by Crippen LogP contribution is 2.32. The highest BCUT2D eigenvalue weighted by Gasteiger charge is 2.29. The summed E-state index contributed by atoms with van der Waals surface area (Å²) >= 11 is 0. The Labute approximate surface area is 112 Å². The molecule has 19 heavy (non-hydrogen) atoms. The van der Waals surface area contributed by atoms with Gasteiger partial charge in [0.15, 0.2) is 9.84 Å². The van der Waals surface area contributed by atoms with E-state index in [1.807, 2.05) is 0 Å². The fourth-order valence-corrected chi connectivity index (χ4v) is 3.02. The third kappa shape index (κ3) is 3.53. The van der Waals surface area contributed by atoms with E-state index in [1.54, 1.807) is 13.8 Å². The Morgan fingerprint density at radius 1 is 1.37 bits per heavy atom. The molecule has 1 aromatic rings. The van der Waals surface area contributed by atoms with Gasteiger partial charge in [0.25, 0.3) is 0 Å². The molecule has 0 saturated carbocycles. The molecule has 0 radical (unpaired) electrons. The first-order valence-corrected chi connectivity index (χ1v) is 7.57. The highest BCUT2D eigenvalue weighted by molar-refractivity contribution is 7.90. The zero-order chi connectivity index (χ0) is 15.0. The van der Waals surface area contributed by atoms with E-state index in [4.69, 9.17) is 5.11 Å². The maximum atomic E-state index is 14.0. The second kappa shape index (κ2) is 4.92. The molecule has 6 heteroatoms. The summed E-state index contributed by atoms with van der Waals surface area (Å²) in [6.07, 6.45) is 0.761. The van der Waals surface area contributed by atoms with Crippen molar-refractivity contribution in [2.75, 3.05) is 6.26 Å². The Balaban J connectivity index is 3.49. The Bertz CT molecular complexity index is 618. The Morgan fingerprint density at radius 3 is 2.32 bits per heavy atom. The molecule has 0 atom stereocenters. The summed E-state index contributed by atoms with van der Waals surface area (Å²) in [7, 11) is -3.48. The number of carboxylic acids is 1. The lowest BCUT2D eigenvalue weighted by Gasteiger charge is -2.24. The number of aliphatic carboxylic acids is 1. The van der Waals surface area contributed by atoms with Crippen LogP contribution in [0.5, 0.6) is 0 Å². The molecule has 0 spiro atoms. The van der Waals surface area contributed by atoms with Crippen LogP contribution < -0.4 is 0 Å². The number of hydrogen-bond acceptors (Lipinski definition) is 3. The van der Waals surface area contributed by atoms with Gasteiger partial charge in [-0.3, -0.25) is 4.79 Å². The molecule has 0 amide bonds. The quantitative estimate of drug-likeness (QED) is 0.863. The van der Waals surface area contributed by atoms with Gasteiger partial charge in [-0.05, 0) is 30.2 Å². The molecule has 0 saturated heterocycles. The molecule has 0 aromatic heterocycles. The number of hydrogen-bond donors (Lipinski definition) is 1. The average molecular weight is 288 g/mol. The minimum Gasteiger partial charge on any atom is -0.481 e. The van der Waals surface area contributed by atoms with Crippen molar-refractivity contribution in [3.05, 3.63) is 29.1 Å². The van der Waals surface area contributed by atoms with Crippen LogP contribution in [-0.4, -0.2) is 25.7 Å². The van der Waals surface area contributed by atoms with E-state index in [0.29, 0.717) is 5.56 Å². The van der Waals surface area contributed by atoms with Crippen LogP contribution in [0.15, 0.2) is 17.0 Å². The second-order valence-electron chi connectivity index (χ2n) is 5.32. The van der Waals surface area contributed by atoms with Gasteiger partial charge < -0.3 is 5.11 Å². The molecule has 106 valence electrons.